The number of hydrogen-bond donors (Lipinski definition) is 2. The molecule has 0 bridgehead atoms. The number of aromatic nitrogens is 3. The van der Waals surface area contributed by atoms with Crippen molar-refractivity contribution in [2.45, 2.75) is 45.1 Å². The summed E-state index contributed by atoms with van der Waals surface area (Å²) >= 11 is 1.57. The minimum atomic E-state index is -0.0587. The molecule has 20 heavy (non-hydrogen) atoms. The third kappa shape index (κ3) is 2.75. The average Bonchev–Trinajstić information content (AvgIpc) is 3.07. The highest BCUT2D eigenvalue weighted by Crippen LogP contribution is 2.19. The highest BCUT2D eigenvalue weighted by Gasteiger charge is 2.22. The van der Waals surface area contributed by atoms with Crippen LogP contribution in [0, 0.1) is 0 Å². The molecule has 2 aromatic rings. The van der Waals surface area contributed by atoms with Crippen molar-refractivity contribution in [2.75, 3.05) is 0 Å². The molecule has 6 heteroatoms. The molecule has 3 rings (SSSR count). The van der Waals surface area contributed by atoms with Gasteiger partial charge in [-0.1, -0.05) is 6.92 Å². The number of amides is 1. The molecule has 2 aromatic heterocycles. The summed E-state index contributed by atoms with van der Waals surface area (Å²) in [5.41, 5.74) is 2.97. The summed E-state index contributed by atoms with van der Waals surface area (Å²) in [7, 11) is 0. The molecule has 0 aliphatic heterocycles. The Morgan fingerprint density at radius 1 is 1.60 bits per heavy atom. The van der Waals surface area contributed by atoms with Gasteiger partial charge in [-0.15, -0.1) is 11.3 Å². The van der Waals surface area contributed by atoms with Crippen molar-refractivity contribution in [3.8, 4) is 0 Å². The number of nitrogens with zero attached hydrogens (tertiary/aromatic N) is 2. The maximum absolute atomic E-state index is 12.2. The summed E-state index contributed by atoms with van der Waals surface area (Å²) < 4.78 is 0. The predicted octanol–water partition coefficient (Wildman–Crippen LogP) is 2.11. The first-order valence-electron chi connectivity index (χ1n) is 7.02. The van der Waals surface area contributed by atoms with E-state index in [4.69, 9.17) is 0 Å². The minimum Gasteiger partial charge on any atom is -0.348 e. The lowest BCUT2D eigenvalue weighted by Crippen LogP contribution is -2.39. The van der Waals surface area contributed by atoms with E-state index in [1.165, 1.54) is 5.56 Å². The smallest absolute Gasteiger partial charge is 0.270 e. The Balaban J connectivity index is 1.61. The lowest BCUT2D eigenvalue weighted by Gasteiger charge is -2.22. The number of nitrogens with one attached hydrogen (secondary N) is 2. The molecule has 2 heterocycles. The van der Waals surface area contributed by atoms with Crippen LogP contribution in [0.15, 0.2) is 11.6 Å². The quantitative estimate of drug-likeness (QED) is 0.906. The number of H-pyrrole nitrogens is 1. The summed E-state index contributed by atoms with van der Waals surface area (Å²) in [5, 5.41) is 13.0. The van der Waals surface area contributed by atoms with Crippen molar-refractivity contribution < 1.29 is 4.79 Å². The van der Waals surface area contributed by atoms with Crippen LogP contribution in [0.4, 0.5) is 0 Å². The summed E-state index contributed by atoms with van der Waals surface area (Å²) in [6, 6.07) is 0.173. The van der Waals surface area contributed by atoms with Crippen LogP contribution in [0.1, 0.15) is 46.5 Å². The fourth-order valence-electron chi connectivity index (χ4n) is 2.53. The Labute approximate surface area is 121 Å². The lowest BCUT2D eigenvalue weighted by atomic mass is 9.94. The zero-order chi connectivity index (χ0) is 13.9. The van der Waals surface area contributed by atoms with Gasteiger partial charge in [-0.05, 0) is 31.2 Å². The molecule has 0 unspecified atom stereocenters. The largest absolute Gasteiger partial charge is 0.348 e. The van der Waals surface area contributed by atoms with Gasteiger partial charge in [0.05, 0.1) is 11.2 Å². The van der Waals surface area contributed by atoms with Crippen molar-refractivity contribution in [3.05, 3.63) is 33.5 Å². The molecule has 5 nitrogen and oxygen atoms in total. The number of carbonyl (C=O) groups is 1. The summed E-state index contributed by atoms with van der Waals surface area (Å²) in [4.78, 5) is 16.6. The molecule has 0 aromatic carbocycles. The molecular formula is C14H18N4OS. The Kier molecular flexibility index (Phi) is 3.82. The Hall–Kier alpha value is -1.69. The molecular weight excluding hydrogens is 272 g/mol. The fraction of sp³-hybridized carbons (Fsp3) is 0.500. The molecule has 1 aliphatic carbocycles. The van der Waals surface area contributed by atoms with E-state index in [1.54, 1.807) is 11.3 Å². The Morgan fingerprint density at radius 2 is 2.50 bits per heavy atom. The standard InChI is InChI=1S/C14H18N4OS/c1-2-3-13-17-12(8-20-13)14(19)16-10-5-4-9-7-15-18-11(9)6-10/h7-8,10H,2-6H2,1H3,(H,15,18)(H,16,19)/t10-/m0/s1. The van der Waals surface area contributed by atoms with Crippen molar-refractivity contribution in [1.29, 1.82) is 0 Å². The highest BCUT2D eigenvalue weighted by atomic mass is 32.1. The van der Waals surface area contributed by atoms with E-state index in [2.05, 4.69) is 27.4 Å². The van der Waals surface area contributed by atoms with Gasteiger partial charge < -0.3 is 5.32 Å². The number of fused-ring (bicyclic) bond motifs is 1. The van der Waals surface area contributed by atoms with E-state index < -0.39 is 0 Å². The molecule has 0 spiro atoms. The number of thiazole rings is 1. The van der Waals surface area contributed by atoms with Crippen LogP contribution in [-0.2, 0) is 19.3 Å². The Bertz CT molecular complexity index is 604. The topological polar surface area (TPSA) is 70.7 Å². The van der Waals surface area contributed by atoms with Crippen molar-refractivity contribution in [1.82, 2.24) is 20.5 Å². The first kappa shape index (κ1) is 13.3. The van der Waals surface area contributed by atoms with Crippen LogP contribution in [0.3, 0.4) is 0 Å². The third-order valence-electron chi connectivity index (χ3n) is 3.60. The molecule has 1 aliphatic rings. The van der Waals surface area contributed by atoms with Gasteiger partial charge in [0.25, 0.3) is 5.91 Å². The summed E-state index contributed by atoms with van der Waals surface area (Å²) in [6.45, 7) is 2.12. The number of aromatic amines is 1. The summed E-state index contributed by atoms with van der Waals surface area (Å²) in [6.07, 6.45) is 6.63. The first-order valence-corrected chi connectivity index (χ1v) is 7.90. The van der Waals surface area contributed by atoms with E-state index in [0.717, 1.165) is 42.8 Å². The Morgan fingerprint density at radius 3 is 3.35 bits per heavy atom. The molecule has 1 atom stereocenters. The van der Waals surface area contributed by atoms with E-state index in [-0.39, 0.29) is 11.9 Å². The van der Waals surface area contributed by atoms with E-state index in [0.29, 0.717) is 5.69 Å². The number of aryl methyl sites for hydroxylation is 2. The second-order valence-electron chi connectivity index (χ2n) is 5.16. The zero-order valence-electron chi connectivity index (χ0n) is 11.5. The molecule has 2 N–H and O–H groups in total. The predicted molar refractivity (Wildman–Crippen MR) is 78.0 cm³/mol. The molecule has 0 fully saturated rings. The van der Waals surface area contributed by atoms with Gasteiger partial charge in [0.15, 0.2) is 0 Å². The SMILES string of the molecule is CCCc1nc(C(=O)N[C@H]2CCc3cn[nH]c3C2)cs1. The summed E-state index contributed by atoms with van der Waals surface area (Å²) in [5.74, 6) is -0.0587. The van der Waals surface area contributed by atoms with Gasteiger partial charge in [0.1, 0.15) is 5.69 Å². The number of carbonyl (C=O) groups excluding carboxylic acids is 1. The van der Waals surface area contributed by atoms with Crippen LogP contribution in [0.2, 0.25) is 0 Å². The minimum absolute atomic E-state index is 0.0587. The second kappa shape index (κ2) is 5.75. The first-order chi connectivity index (χ1) is 9.76. The molecule has 1 amide bonds. The molecule has 0 saturated heterocycles. The van der Waals surface area contributed by atoms with Gasteiger partial charge in [0, 0.05) is 23.5 Å². The van der Waals surface area contributed by atoms with Crippen LogP contribution in [-0.4, -0.2) is 27.1 Å². The van der Waals surface area contributed by atoms with Crippen molar-refractivity contribution in [2.24, 2.45) is 0 Å². The van der Waals surface area contributed by atoms with Crippen LogP contribution >= 0.6 is 11.3 Å². The number of hydrogen-bond acceptors (Lipinski definition) is 4. The van der Waals surface area contributed by atoms with Gasteiger partial charge in [-0.3, -0.25) is 9.89 Å². The maximum Gasteiger partial charge on any atom is 0.270 e. The van der Waals surface area contributed by atoms with Crippen molar-refractivity contribution >= 4 is 17.2 Å². The van der Waals surface area contributed by atoms with E-state index in [1.807, 2.05) is 11.6 Å². The van der Waals surface area contributed by atoms with Gasteiger partial charge >= 0.3 is 0 Å². The van der Waals surface area contributed by atoms with Crippen LogP contribution < -0.4 is 5.32 Å². The van der Waals surface area contributed by atoms with Gasteiger partial charge in [-0.2, -0.15) is 5.10 Å². The van der Waals surface area contributed by atoms with Gasteiger partial charge in [-0.25, -0.2) is 4.98 Å². The normalized spacial score (nSPS) is 17.8. The monoisotopic (exact) mass is 290 g/mol. The van der Waals surface area contributed by atoms with Crippen molar-refractivity contribution in [3.63, 3.8) is 0 Å². The lowest BCUT2D eigenvalue weighted by molar-refractivity contribution is 0.0929. The zero-order valence-corrected chi connectivity index (χ0v) is 12.3. The molecule has 0 saturated carbocycles. The average molecular weight is 290 g/mol. The molecule has 0 radical (unpaired) electrons. The molecule has 106 valence electrons. The third-order valence-corrected chi connectivity index (χ3v) is 4.51. The fourth-order valence-corrected chi connectivity index (χ4v) is 3.42. The van der Waals surface area contributed by atoms with Crippen LogP contribution in [0.5, 0.6) is 0 Å². The highest BCUT2D eigenvalue weighted by molar-refractivity contribution is 7.09. The van der Waals surface area contributed by atoms with Gasteiger partial charge in [0.2, 0.25) is 0 Å². The van der Waals surface area contributed by atoms with E-state index >= 15 is 0 Å². The maximum atomic E-state index is 12.2. The number of rotatable bonds is 4. The van der Waals surface area contributed by atoms with E-state index in [9.17, 15) is 4.79 Å². The van der Waals surface area contributed by atoms with Crippen LogP contribution in [0.25, 0.3) is 0 Å². The second-order valence-corrected chi connectivity index (χ2v) is 6.11.